The molecule has 0 aliphatic rings. The maximum Gasteiger partial charge on any atom is 0.270 e. The third-order valence-corrected chi connectivity index (χ3v) is 3.52. The molecular formula is C10H7BrN2O2S. The number of aryl methyl sites for hydroxylation is 1. The van der Waals surface area contributed by atoms with Gasteiger partial charge in [0.2, 0.25) is 0 Å². The zero-order chi connectivity index (χ0) is 11.7. The van der Waals surface area contributed by atoms with Gasteiger partial charge in [0, 0.05) is 22.6 Å². The molecule has 0 spiro atoms. The van der Waals surface area contributed by atoms with Crippen LogP contribution in [0.15, 0.2) is 28.2 Å². The van der Waals surface area contributed by atoms with Crippen molar-refractivity contribution in [1.29, 1.82) is 0 Å². The molecule has 82 valence electrons. The standard InChI is InChI=1S/C10H7BrN2O2S/c1-6-9(12-10(11)16-6)7-3-2-4-8(5-7)13(14)15/h2-5H,1H3. The number of hydrogen-bond acceptors (Lipinski definition) is 4. The Balaban J connectivity index is 2.52. The topological polar surface area (TPSA) is 56.0 Å². The van der Waals surface area contributed by atoms with E-state index in [1.165, 1.54) is 23.5 Å². The molecule has 0 unspecified atom stereocenters. The number of nitrogens with zero attached hydrogens (tertiary/aromatic N) is 2. The lowest BCUT2D eigenvalue weighted by Gasteiger charge is -1.98. The number of aromatic nitrogens is 1. The fraction of sp³-hybridized carbons (Fsp3) is 0.100. The van der Waals surface area contributed by atoms with Crippen LogP contribution in [0.25, 0.3) is 11.3 Å². The highest BCUT2D eigenvalue weighted by atomic mass is 79.9. The fourth-order valence-electron chi connectivity index (χ4n) is 1.40. The van der Waals surface area contributed by atoms with Gasteiger partial charge in [0.25, 0.3) is 5.69 Å². The highest BCUT2D eigenvalue weighted by molar-refractivity contribution is 9.11. The number of halogens is 1. The first kappa shape index (κ1) is 11.2. The molecule has 0 saturated heterocycles. The third kappa shape index (κ3) is 2.12. The van der Waals surface area contributed by atoms with Crippen LogP contribution in [-0.2, 0) is 0 Å². The smallest absolute Gasteiger partial charge is 0.258 e. The second-order valence-corrected chi connectivity index (χ2v) is 5.66. The van der Waals surface area contributed by atoms with E-state index in [2.05, 4.69) is 20.9 Å². The van der Waals surface area contributed by atoms with Crippen LogP contribution in [0.5, 0.6) is 0 Å². The Labute approximate surface area is 104 Å². The molecule has 0 amide bonds. The molecule has 1 aromatic carbocycles. The number of thiazole rings is 1. The molecule has 0 bridgehead atoms. The van der Waals surface area contributed by atoms with Crippen molar-refractivity contribution in [3.8, 4) is 11.3 Å². The van der Waals surface area contributed by atoms with Crippen molar-refractivity contribution in [2.75, 3.05) is 0 Å². The van der Waals surface area contributed by atoms with Gasteiger partial charge in [0.15, 0.2) is 3.92 Å². The average Bonchev–Trinajstić information content (AvgIpc) is 2.58. The largest absolute Gasteiger partial charge is 0.270 e. The van der Waals surface area contributed by atoms with E-state index >= 15 is 0 Å². The van der Waals surface area contributed by atoms with Crippen molar-refractivity contribution in [3.63, 3.8) is 0 Å². The minimum absolute atomic E-state index is 0.0843. The van der Waals surface area contributed by atoms with Crippen LogP contribution in [0.4, 0.5) is 5.69 Å². The minimum atomic E-state index is -0.403. The van der Waals surface area contributed by atoms with Crippen LogP contribution in [0.2, 0.25) is 0 Å². The maximum absolute atomic E-state index is 10.7. The van der Waals surface area contributed by atoms with Gasteiger partial charge in [-0.05, 0) is 22.9 Å². The highest BCUT2D eigenvalue weighted by Gasteiger charge is 2.12. The van der Waals surface area contributed by atoms with Crippen LogP contribution in [0.1, 0.15) is 4.88 Å². The van der Waals surface area contributed by atoms with Gasteiger partial charge in [0.1, 0.15) is 0 Å². The van der Waals surface area contributed by atoms with Gasteiger partial charge < -0.3 is 0 Å². The van der Waals surface area contributed by atoms with Crippen LogP contribution in [0, 0.1) is 17.0 Å². The summed E-state index contributed by atoms with van der Waals surface area (Å²) in [6, 6.07) is 6.50. The number of benzene rings is 1. The molecule has 0 radical (unpaired) electrons. The van der Waals surface area contributed by atoms with Crippen LogP contribution in [0.3, 0.4) is 0 Å². The molecule has 0 fully saturated rings. The first-order valence-corrected chi connectivity index (χ1v) is 6.06. The Morgan fingerprint density at radius 3 is 2.81 bits per heavy atom. The Morgan fingerprint density at radius 1 is 1.50 bits per heavy atom. The molecule has 1 aromatic heterocycles. The normalized spacial score (nSPS) is 10.4. The van der Waals surface area contributed by atoms with E-state index < -0.39 is 4.92 Å². The lowest BCUT2D eigenvalue weighted by atomic mass is 10.1. The quantitative estimate of drug-likeness (QED) is 0.626. The monoisotopic (exact) mass is 298 g/mol. The summed E-state index contributed by atoms with van der Waals surface area (Å²) < 4.78 is 0.784. The molecule has 0 atom stereocenters. The van der Waals surface area contributed by atoms with Crippen LogP contribution in [-0.4, -0.2) is 9.91 Å². The van der Waals surface area contributed by atoms with Crippen molar-refractivity contribution in [1.82, 2.24) is 4.98 Å². The fourth-order valence-corrected chi connectivity index (χ4v) is 2.95. The van der Waals surface area contributed by atoms with Gasteiger partial charge in [0.05, 0.1) is 10.6 Å². The summed E-state index contributed by atoms with van der Waals surface area (Å²) in [7, 11) is 0. The molecule has 2 rings (SSSR count). The maximum atomic E-state index is 10.7. The van der Waals surface area contributed by atoms with Crippen molar-refractivity contribution < 1.29 is 4.92 Å². The zero-order valence-electron chi connectivity index (χ0n) is 8.31. The van der Waals surface area contributed by atoms with Crippen molar-refractivity contribution in [3.05, 3.63) is 43.2 Å². The van der Waals surface area contributed by atoms with E-state index in [-0.39, 0.29) is 5.69 Å². The van der Waals surface area contributed by atoms with Crippen molar-refractivity contribution >= 4 is 33.0 Å². The van der Waals surface area contributed by atoms with Gasteiger partial charge in [-0.25, -0.2) is 4.98 Å². The number of nitro benzene ring substituents is 1. The summed E-state index contributed by atoms with van der Waals surface area (Å²) in [5.74, 6) is 0. The van der Waals surface area contributed by atoms with E-state index in [9.17, 15) is 10.1 Å². The van der Waals surface area contributed by atoms with E-state index in [1.807, 2.05) is 13.0 Å². The van der Waals surface area contributed by atoms with E-state index in [4.69, 9.17) is 0 Å². The predicted molar refractivity (Wildman–Crippen MR) is 66.6 cm³/mol. The summed E-state index contributed by atoms with van der Waals surface area (Å²) in [4.78, 5) is 15.6. The van der Waals surface area contributed by atoms with Gasteiger partial charge in [-0.2, -0.15) is 0 Å². The minimum Gasteiger partial charge on any atom is -0.258 e. The molecule has 6 heteroatoms. The molecule has 0 N–H and O–H groups in total. The summed E-state index contributed by atoms with van der Waals surface area (Å²) in [5.41, 5.74) is 1.65. The highest BCUT2D eigenvalue weighted by Crippen LogP contribution is 2.31. The number of non-ortho nitro benzene ring substituents is 1. The van der Waals surface area contributed by atoms with Crippen LogP contribution < -0.4 is 0 Å². The molecule has 0 saturated carbocycles. The molecule has 0 aliphatic carbocycles. The second-order valence-electron chi connectivity index (χ2n) is 3.18. The first-order valence-electron chi connectivity index (χ1n) is 4.45. The molecule has 4 nitrogen and oxygen atoms in total. The molecule has 16 heavy (non-hydrogen) atoms. The second kappa shape index (κ2) is 4.31. The Morgan fingerprint density at radius 2 is 2.25 bits per heavy atom. The van der Waals surface area contributed by atoms with E-state index in [1.54, 1.807) is 6.07 Å². The SMILES string of the molecule is Cc1sc(Br)nc1-c1cccc([N+](=O)[O-])c1. The van der Waals surface area contributed by atoms with E-state index in [0.717, 1.165) is 20.1 Å². The third-order valence-electron chi connectivity index (χ3n) is 2.10. The Hall–Kier alpha value is -1.27. The molecule has 0 aliphatic heterocycles. The van der Waals surface area contributed by atoms with Gasteiger partial charge >= 0.3 is 0 Å². The van der Waals surface area contributed by atoms with E-state index in [0.29, 0.717) is 0 Å². The van der Waals surface area contributed by atoms with Crippen LogP contribution >= 0.6 is 27.3 Å². The van der Waals surface area contributed by atoms with Gasteiger partial charge in [-0.15, -0.1) is 11.3 Å². The van der Waals surface area contributed by atoms with Crippen molar-refractivity contribution in [2.24, 2.45) is 0 Å². The van der Waals surface area contributed by atoms with Gasteiger partial charge in [-0.1, -0.05) is 12.1 Å². The number of nitro groups is 1. The molecular weight excluding hydrogens is 292 g/mol. The zero-order valence-corrected chi connectivity index (χ0v) is 10.7. The average molecular weight is 299 g/mol. The van der Waals surface area contributed by atoms with Gasteiger partial charge in [-0.3, -0.25) is 10.1 Å². The molecule has 1 heterocycles. The van der Waals surface area contributed by atoms with Crippen molar-refractivity contribution in [2.45, 2.75) is 6.92 Å². The number of rotatable bonds is 2. The summed E-state index contributed by atoms with van der Waals surface area (Å²) >= 11 is 4.82. The predicted octanol–water partition coefficient (Wildman–Crippen LogP) is 3.79. The summed E-state index contributed by atoms with van der Waals surface area (Å²) in [6.07, 6.45) is 0. The Bertz CT molecular complexity index is 554. The first-order chi connectivity index (χ1) is 7.58. The summed E-state index contributed by atoms with van der Waals surface area (Å²) in [6.45, 7) is 1.94. The number of hydrogen-bond donors (Lipinski definition) is 0. The summed E-state index contributed by atoms with van der Waals surface area (Å²) in [5, 5.41) is 10.7. The molecule has 2 aromatic rings. The lowest BCUT2D eigenvalue weighted by molar-refractivity contribution is -0.384. The Kier molecular flexibility index (Phi) is 3.02. The lowest BCUT2D eigenvalue weighted by Crippen LogP contribution is -1.88.